The molecule has 4 nitrogen and oxygen atoms in total. The van der Waals surface area contributed by atoms with Crippen LogP contribution >= 0.6 is 22.6 Å². The van der Waals surface area contributed by atoms with Crippen LogP contribution in [0.25, 0.3) is 0 Å². The minimum atomic E-state index is -0.180. The SMILES string of the molecule is Cc1cc(I)ccc1NC(=O)CN1C2CCC1CC(O)C2. The van der Waals surface area contributed by atoms with Crippen molar-refractivity contribution < 1.29 is 9.90 Å². The molecule has 5 heteroatoms. The molecule has 2 N–H and O–H groups in total. The monoisotopic (exact) mass is 400 g/mol. The van der Waals surface area contributed by atoms with Crippen molar-refractivity contribution in [1.82, 2.24) is 4.90 Å². The Kier molecular flexibility index (Phi) is 4.51. The van der Waals surface area contributed by atoms with Crippen molar-refractivity contribution in [2.45, 2.75) is 50.8 Å². The van der Waals surface area contributed by atoms with Gasteiger partial charge >= 0.3 is 0 Å². The molecule has 2 heterocycles. The molecule has 1 aromatic carbocycles. The Morgan fingerprint density at radius 2 is 2.05 bits per heavy atom. The van der Waals surface area contributed by atoms with Crippen LogP contribution in [0.1, 0.15) is 31.2 Å². The fourth-order valence-electron chi connectivity index (χ4n) is 3.63. The van der Waals surface area contributed by atoms with Gasteiger partial charge in [-0.15, -0.1) is 0 Å². The van der Waals surface area contributed by atoms with E-state index in [0.29, 0.717) is 18.6 Å². The van der Waals surface area contributed by atoms with Gasteiger partial charge in [0.15, 0.2) is 0 Å². The quantitative estimate of drug-likeness (QED) is 0.767. The smallest absolute Gasteiger partial charge is 0.238 e. The molecular weight excluding hydrogens is 379 g/mol. The maximum absolute atomic E-state index is 12.3. The van der Waals surface area contributed by atoms with E-state index < -0.39 is 0 Å². The number of rotatable bonds is 3. The molecule has 1 aromatic rings. The highest BCUT2D eigenvalue weighted by Gasteiger charge is 2.40. The molecular formula is C16H21IN2O2. The summed E-state index contributed by atoms with van der Waals surface area (Å²) in [6.45, 7) is 2.45. The number of carbonyl (C=O) groups excluding carboxylic acids is 1. The second-order valence-corrected chi connectivity index (χ2v) is 7.44. The van der Waals surface area contributed by atoms with E-state index in [-0.39, 0.29) is 12.0 Å². The molecule has 2 fully saturated rings. The molecule has 2 aliphatic heterocycles. The summed E-state index contributed by atoms with van der Waals surface area (Å²) < 4.78 is 1.17. The summed E-state index contributed by atoms with van der Waals surface area (Å²) in [6, 6.07) is 6.79. The molecule has 3 rings (SSSR count). The van der Waals surface area contributed by atoms with Gasteiger partial charge in [-0.3, -0.25) is 9.69 Å². The number of aliphatic hydroxyl groups excluding tert-OH is 1. The van der Waals surface area contributed by atoms with Gasteiger partial charge in [0.05, 0.1) is 12.6 Å². The number of halogens is 1. The molecule has 2 atom stereocenters. The fraction of sp³-hybridized carbons (Fsp3) is 0.562. The van der Waals surface area contributed by atoms with Gasteiger partial charge in [-0.2, -0.15) is 0 Å². The minimum Gasteiger partial charge on any atom is -0.393 e. The van der Waals surface area contributed by atoms with Crippen LogP contribution in [-0.2, 0) is 4.79 Å². The Bertz CT molecular complexity index is 535. The topological polar surface area (TPSA) is 52.6 Å². The standard InChI is InChI=1S/C16H21IN2O2/c1-10-6-11(17)2-5-15(10)18-16(21)9-19-12-3-4-13(19)8-14(20)7-12/h2,5-6,12-14,20H,3-4,7-9H2,1H3,(H,18,21). The molecule has 2 bridgehead atoms. The highest BCUT2D eigenvalue weighted by molar-refractivity contribution is 14.1. The lowest BCUT2D eigenvalue weighted by molar-refractivity contribution is -0.119. The molecule has 2 unspecified atom stereocenters. The van der Waals surface area contributed by atoms with E-state index in [9.17, 15) is 9.90 Å². The van der Waals surface area contributed by atoms with Crippen LogP contribution in [0.15, 0.2) is 18.2 Å². The van der Waals surface area contributed by atoms with Crippen LogP contribution in [0, 0.1) is 10.5 Å². The number of benzene rings is 1. The summed E-state index contributed by atoms with van der Waals surface area (Å²) in [6.07, 6.45) is 3.66. The first-order valence-electron chi connectivity index (χ1n) is 7.53. The van der Waals surface area contributed by atoms with E-state index in [1.165, 1.54) is 3.57 Å². The van der Waals surface area contributed by atoms with Crippen LogP contribution in [0.3, 0.4) is 0 Å². The molecule has 2 aliphatic rings. The third-order valence-corrected chi connectivity index (χ3v) is 5.32. The number of aliphatic hydroxyl groups is 1. The summed E-state index contributed by atoms with van der Waals surface area (Å²) in [5.41, 5.74) is 1.98. The van der Waals surface area contributed by atoms with Crippen molar-refractivity contribution in [2.75, 3.05) is 11.9 Å². The zero-order chi connectivity index (χ0) is 15.0. The van der Waals surface area contributed by atoms with Crippen LogP contribution in [0.4, 0.5) is 5.69 Å². The van der Waals surface area contributed by atoms with E-state index in [0.717, 1.165) is 36.9 Å². The predicted octanol–water partition coefficient (Wildman–Crippen LogP) is 2.53. The van der Waals surface area contributed by atoms with Gasteiger partial charge in [0.25, 0.3) is 0 Å². The first kappa shape index (κ1) is 15.2. The van der Waals surface area contributed by atoms with Gasteiger partial charge in [-0.1, -0.05) is 0 Å². The second kappa shape index (κ2) is 6.22. The van der Waals surface area contributed by atoms with Crippen LogP contribution in [0.5, 0.6) is 0 Å². The van der Waals surface area contributed by atoms with E-state index in [4.69, 9.17) is 0 Å². The van der Waals surface area contributed by atoms with Crippen molar-refractivity contribution >= 4 is 34.2 Å². The van der Waals surface area contributed by atoms with Crippen LogP contribution < -0.4 is 5.32 Å². The summed E-state index contributed by atoms with van der Waals surface area (Å²) in [5.74, 6) is 0.0487. The maximum Gasteiger partial charge on any atom is 0.238 e. The third-order valence-electron chi connectivity index (χ3n) is 4.65. The first-order chi connectivity index (χ1) is 10.0. The second-order valence-electron chi connectivity index (χ2n) is 6.19. The predicted molar refractivity (Wildman–Crippen MR) is 91.3 cm³/mol. The Morgan fingerprint density at radius 1 is 1.38 bits per heavy atom. The van der Waals surface area contributed by atoms with Crippen LogP contribution in [0.2, 0.25) is 0 Å². The van der Waals surface area contributed by atoms with E-state index in [2.05, 4.69) is 38.9 Å². The molecule has 0 spiro atoms. The number of carbonyl (C=O) groups is 1. The summed E-state index contributed by atoms with van der Waals surface area (Å²) >= 11 is 2.27. The van der Waals surface area contributed by atoms with Crippen molar-refractivity contribution in [2.24, 2.45) is 0 Å². The minimum absolute atomic E-state index is 0.0487. The molecule has 0 aromatic heterocycles. The highest BCUT2D eigenvalue weighted by atomic mass is 127. The number of piperidine rings is 1. The Labute approximate surface area is 139 Å². The van der Waals surface area contributed by atoms with Gasteiger partial charge < -0.3 is 10.4 Å². The van der Waals surface area contributed by atoms with Gasteiger partial charge in [0, 0.05) is 21.3 Å². The van der Waals surface area contributed by atoms with E-state index in [1.54, 1.807) is 0 Å². The lowest BCUT2D eigenvalue weighted by atomic mass is 10.00. The van der Waals surface area contributed by atoms with Gasteiger partial charge in [0.2, 0.25) is 5.91 Å². The number of nitrogens with zero attached hydrogens (tertiary/aromatic N) is 1. The van der Waals surface area contributed by atoms with E-state index >= 15 is 0 Å². The molecule has 2 saturated heterocycles. The maximum atomic E-state index is 12.3. The number of nitrogens with one attached hydrogen (secondary N) is 1. The zero-order valence-corrected chi connectivity index (χ0v) is 14.3. The highest BCUT2D eigenvalue weighted by Crippen LogP contribution is 2.35. The van der Waals surface area contributed by atoms with Gasteiger partial charge in [-0.05, 0) is 79.0 Å². The average Bonchev–Trinajstić information content (AvgIpc) is 2.66. The number of amides is 1. The van der Waals surface area contributed by atoms with Crippen LogP contribution in [-0.4, -0.2) is 40.6 Å². The van der Waals surface area contributed by atoms with Gasteiger partial charge in [-0.25, -0.2) is 0 Å². The molecule has 0 aliphatic carbocycles. The number of fused-ring (bicyclic) bond motifs is 2. The Morgan fingerprint density at radius 3 is 2.67 bits per heavy atom. The summed E-state index contributed by atoms with van der Waals surface area (Å²) in [4.78, 5) is 14.6. The van der Waals surface area contributed by atoms with E-state index in [1.807, 2.05) is 19.1 Å². The molecule has 0 saturated carbocycles. The zero-order valence-electron chi connectivity index (χ0n) is 12.2. The average molecular weight is 400 g/mol. The number of hydrogen-bond donors (Lipinski definition) is 2. The molecule has 1 amide bonds. The van der Waals surface area contributed by atoms with Gasteiger partial charge in [0.1, 0.15) is 0 Å². The Hall–Kier alpha value is -0.660. The van der Waals surface area contributed by atoms with Crippen molar-refractivity contribution in [3.63, 3.8) is 0 Å². The first-order valence-corrected chi connectivity index (χ1v) is 8.60. The number of aryl methyl sites for hydroxylation is 1. The normalized spacial score (nSPS) is 28.6. The lowest BCUT2D eigenvalue weighted by Gasteiger charge is -2.36. The molecule has 114 valence electrons. The molecule has 0 radical (unpaired) electrons. The van der Waals surface area contributed by atoms with Crippen molar-refractivity contribution in [3.05, 3.63) is 27.3 Å². The lowest BCUT2D eigenvalue weighted by Crippen LogP contribution is -2.47. The number of hydrogen-bond acceptors (Lipinski definition) is 3. The largest absolute Gasteiger partial charge is 0.393 e. The fourth-order valence-corrected chi connectivity index (χ4v) is 4.27. The molecule has 21 heavy (non-hydrogen) atoms. The van der Waals surface area contributed by atoms with Crippen molar-refractivity contribution in [1.29, 1.82) is 0 Å². The summed E-state index contributed by atoms with van der Waals surface area (Å²) in [7, 11) is 0. The Balaban J connectivity index is 1.62. The summed E-state index contributed by atoms with van der Waals surface area (Å²) in [5, 5.41) is 12.8. The number of anilines is 1. The van der Waals surface area contributed by atoms with Crippen molar-refractivity contribution in [3.8, 4) is 0 Å². The third kappa shape index (κ3) is 3.40.